The highest BCUT2D eigenvalue weighted by atomic mass is 35.5. The first-order chi connectivity index (χ1) is 7.25. The van der Waals surface area contributed by atoms with Crippen LogP contribution >= 0.6 is 23.2 Å². The molecule has 92 valence electrons. The summed E-state index contributed by atoms with van der Waals surface area (Å²) in [7, 11) is -5.43. The fraction of sp³-hybridized carbons (Fsp3) is 0.429. The van der Waals surface area contributed by atoms with Gasteiger partial charge in [-0.2, -0.15) is 21.6 Å². The second-order valence-electron chi connectivity index (χ2n) is 2.80. The Morgan fingerprint density at radius 3 is 2.19 bits per heavy atom. The first-order valence-corrected chi connectivity index (χ1v) is 6.39. The number of nitrogens with zero attached hydrogens (tertiary/aromatic N) is 1. The van der Waals surface area contributed by atoms with E-state index in [1.165, 1.54) is 6.07 Å². The highest BCUT2D eigenvalue weighted by molar-refractivity contribution is 7.90. The predicted octanol–water partition coefficient (Wildman–Crippen LogP) is 2.66. The Bertz CT molecular complexity index is 480. The Hall–Kier alpha value is -0.400. The summed E-state index contributed by atoms with van der Waals surface area (Å²) in [6.07, 6.45) is 0.790. The lowest BCUT2D eigenvalue weighted by Gasteiger charge is -2.11. The third-order valence-corrected chi connectivity index (χ3v) is 3.86. The molecule has 0 aliphatic rings. The van der Waals surface area contributed by atoms with Crippen LogP contribution in [0.2, 0.25) is 0 Å². The van der Waals surface area contributed by atoms with Gasteiger partial charge in [0.2, 0.25) is 0 Å². The van der Waals surface area contributed by atoms with Crippen molar-refractivity contribution >= 4 is 33.2 Å². The molecule has 1 aromatic rings. The maximum atomic E-state index is 12.3. The number of alkyl halides is 5. The van der Waals surface area contributed by atoms with Crippen LogP contribution in [0.3, 0.4) is 0 Å². The average molecular weight is 296 g/mol. The Kier molecular flexibility index (Phi) is 3.81. The van der Waals surface area contributed by atoms with Crippen molar-refractivity contribution in [3.63, 3.8) is 0 Å². The first-order valence-electron chi connectivity index (χ1n) is 3.88. The maximum Gasteiger partial charge on any atom is 0.517 e. The van der Waals surface area contributed by atoms with Crippen molar-refractivity contribution in [2.24, 2.45) is 0 Å². The summed E-state index contributed by atoms with van der Waals surface area (Å²) in [5, 5.41) is 0. The van der Waals surface area contributed by atoms with E-state index in [0.29, 0.717) is 0 Å². The molecule has 0 bridgehead atoms. The van der Waals surface area contributed by atoms with Gasteiger partial charge < -0.3 is 0 Å². The van der Waals surface area contributed by atoms with Crippen LogP contribution in [0.15, 0.2) is 12.3 Å². The van der Waals surface area contributed by atoms with Gasteiger partial charge in [-0.3, -0.25) is 0 Å². The molecule has 0 saturated heterocycles. The van der Waals surface area contributed by atoms with Crippen molar-refractivity contribution < 1.29 is 21.6 Å². The third kappa shape index (κ3) is 2.16. The van der Waals surface area contributed by atoms with E-state index in [1.807, 2.05) is 0 Å². The Morgan fingerprint density at radius 2 is 1.81 bits per heavy atom. The molecule has 0 radical (unpaired) electrons. The number of aromatic nitrogens is 1. The van der Waals surface area contributed by atoms with Crippen molar-refractivity contribution in [2.45, 2.75) is 17.3 Å². The van der Waals surface area contributed by atoms with E-state index in [-0.39, 0.29) is 27.0 Å². The zero-order chi connectivity index (χ0) is 12.6. The summed E-state index contributed by atoms with van der Waals surface area (Å²) in [6, 6.07) is 1.19. The SMILES string of the molecule is O=S(=O)(n1ccc(CCl)c1CCl)C(F)(F)F. The summed E-state index contributed by atoms with van der Waals surface area (Å²) in [5.41, 5.74) is -5.28. The minimum Gasteiger partial charge on any atom is -0.241 e. The van der Waals surface area contributed by atoms with Gasteiger partial charge in [-0.15, -0.1) is 23.2 Å². The molecule has 0 spiro atoms. The molecule has 1 aromatic heterocycles. The molecule has 0 amide bonds. The Balaban J connectivity index is 3.41. The van der Waals surface area contributed by atoms with Crippen molar-refractivity contribution in [2.75, 3.05) is 0 Å². The van der Waals surface area contributed by atoms with E-state index in [9.17, 15) is 21.6 Å². The van der Waals surface area contributed by atoms with Crippen LogP contribution in [0, 0.1) is 0 Å². The normalized spacial score (nSPS) is 13.1. The largest absolute Gasteiger partial charge is 0.517 e. The van der Waals surface area contributed by atoms with Crippen molar-refractivity contribution in [3.8, 4) is 0 Å². The monoisotopic (exact) mass is 295 g/mol. The van der Waals surface area contributed by atoms with E-state index < -0.39 is 15.5 Å². The van der Waals surface area contributed by atoms with Gasteiger partial charge in [0.15, 0.2) is 0 Å². The number of halogens is 5. The van der Waals surface area contributed by atoms with E-state index in [4.69, 9.17) is 23.2 Å². The topological polar surface area (TPSA) is 39.1 Å². The van der Waals surface area contributed by atoms with Gasteiger partial charge in [0, 0.05) is 12.1 Å². The zero-order valence-electron chi connectivity index (χ0n) is 7.63. The molecule has 3 nitrogen and oxygen atoms in total. The number of hydrogen-bond acceptors (Lipinski definition) is 2. The second kappa shape index (κ2) is 4.46. The van der Waals surface area contributed by atoms with Crippen molar-refractivity contribution in [1.82, 2.24) is 3.97 Å². The highest BCUT2D eigenvalue weighted by Gasteiger charge is 2.48. The van der Waals surface area contributed by atoms with Gasteiger partial charge in [0.05, 0.1) is 11.6 Å². The standard InChI is InChI=1S/C7H6Cl2F3NO2S/c8-3-5-1-2-13(6(5)4-9)16(14,15)7(10,11)12/h1-2H,3-4H2. The molecule has 0 atom stereocenters. The summed E-state index contributed by atoms with van der Waals surface area (Å²) in [4.78, 5) is 0. The third-order valence-electron chi connectivity index (χ3n) is 1.87. The fourth-order valence-electron chi connectivity index (χ4n) is 1.09. The van der Waals surface area contributed by atoms with Crippen molar-refractivity contribution in [3.05, 3.63) is 23.5 Å². The molecule has 0 fully saturated rings. The maximum absolute atomic E-state index is 12.3. The van der Waals surface area contributed by atoms with Gasteiger partial charge in [0.1, 0.15) is 0 Å². The lowest BCUT2D eigenvalue weighted by Crippen LogP contribution is -2.30. The van der Waals surface area contributed by atoms with E-state index >= 15 is 0 Å². The van der Waals surface area contributed by atoms with Gasteiger partial charge in [-0.1, -0.05) is 0 Å². The average Bonchev–Trinajstić information content (AvgIpc) is 2.58. The van der Waals surface area contributed by atoms with Gasteiger partial charge in [0.25, 0.3) is 0 Å². The van der Waals surface area contributed by atoms with E-state index in [0.717, 1.165) is 6.20 Å². The molecule has 1 heterocycles. The van der Waals surface area contributed by atoms with Crippen LogP contribution in [0.5, 0.6) is 0 Å². The smallest absolute Gasteiger partial charge is 0.241 e. The molecule has 9 heteroatoms. The lowest BCUT2D eigenvalue weighted by atomic mass is 10.3. The van der Waals surface area contributed by atoms with E-state index in [1.54, 1.807) is 0 Å². The van der Waals surface area contributed by atoms with Crippen molar-refractivity contribution in [1.29, 1.82) is 0 Å². The number of hydrogen-bond donors (Lipinski definition) is 0. The molecular weight excluding hydrogens is 290 g/mol. The van der Waals surface area contributed by atoms with E-state index in [2.05, 4.69) is 0 Å². The minimum absolute atomic E-state index is 0.109. The van der Waals surface area contributed by atoms with Gasteiger partial charge in [-0.25, -0.2) is 3.97 Å². The van der Waals surface area contributed by atoms with Crippen LogP contribution in [-0.4, -0.2) is 17.9 Å². The molecule has 0 aliphatic heterocycles. The molecule has 0 unspecified atom stereocenters. The molecule has 0 saturated carbocycles. The summed E-state index contributed by atoms with van der Waals surface area (Å²) in [6.45, 7) is 0. The minimum atomic E-state index is -5.43. The predicted molar refractivity (Wildman–Crippen MR) is 53.9 cm³/mol. The molecule has 0 aliphatic carbocycles. The summed E-state index contributed by atoms with van der Waals surface area (Å²) in [5.74, 6) is -0.479. The Labute approximate surface area is 99.8 Å². The second-order valence-corrected chi connectivity index (χ2v) is 5.14. The molecule has 1 rings (SSSR count). The van der Waals surface area contributed by atoms with Crippen LogP contribution in [0.4, 0.5) is 13.2 Å². The molecule has 0 aromatic carbocycles. The quantitative estimate of drug-likeness (QED) is 0.804. The Morgan fingerprint density at radius 1 is 1.25 bits per heavy atom. The zero-order valence-corrected chi connectivity index (χ0v) is 9.96. The molecule has 0 N–H and O–H groups in total. The molecular formula is C7H6Cl2F3NO2S. The summed E-state index contributed by atoms with van der Waals surface area (Å²) < 4.78 is 59.1. The fourth-order valence-corrected chi connectivity index (χ4v) is 2.62. The van der Waals surface area contributed by atoms with Crippen LogP contribution < -0.4 is 0 Å². The summed E-state index contributed by atoms with van der Waals surface area (Å²) >= 11 is 10.8. The lowest BCUT2D eigenvalue weighted by molar-refractivity contribution is -0.0446. The first kappa shape index (κ1) is 13.7. The molecule has 16 heavy (non-hydrogen) atoms. The van der Waals surface area contributed by atoms with Crippen LogP contribution in [0.1, 0.15) is 11.3 Å². The van der Waals surface area contributed by atoms with Gasteiger partial charge >= 0.3 is 15.5 Å². The van der Waals surface area contributed by atoms with Crippen LogP contribution in [0.25, 0.3) is 0 Å². The van der Waals surface area contributed by atoms with Crippen LogP contribution in [-0.2, 0) is 21.8 Å². The van der Waals surface area contributed by atoms with Gasteiger partial charge in [-0.05, 0) is 11.6 Å². The highest BCUT2D eigenvalue weighted by Crippen LogP contribution is 2.28. The number of rotatable bonds is 3.